The zero-order chi connectivity index (χ0) is 17.2. The topological polar surface area (TPSA) is 57.5 Å². The van der Waals surface area contributed by atoms with Gasteiger partial charge in [-0.05, 0) is 52.3 Å². The van der Waals surface area contributed by atoms with Crippen molar-refractivity contribution in [1.82, 2.24) is 25.3 Å². The van der Waals surface area contributed by atoms with E-state index in [-0.39, 0.29) is 0 Å². The van der Waals surface area contributed by atoms with Gasteiger partial charge in [0.15, 0.2) is 5.96 Å². The molecule has 1 saturated heterocycles. The van der Waals surface area contributed by atoms with E-state index in [2.05, 4.69) is 43.3 Å². The van der Waals surface area contributed by atoms with Gasteiger partial charge in [-0.25, -0.2) is 0 Å². The fourth-order valence-corrected chi connectivity index (χ4v) is 3.25. The van der Waals surface area contributed by atoms with Crippen LogP contribution in [0.3, 0.4) is 0 Å². The molecule has 136 valence electrons. The van der Waals surface area contributed by atoms with Crippen molar-refractivity contribution in [2.24, 2.45) is 4.99 Å². The maximum Gasteiger partial charge on any atom is 0.191 e. The molecule has 0 atom stereocenters. The Bertz CT molecular complexity index is 500. The summed E-state index contributed by atoms with van der Waals surface area (Å²) >= 11 is 0. The van der Waals surface area contributed by atoms with E-state index in [0.29, 0.717) is 0 Å². The summed E-state index contributed by atoms with van der Waals surface area (Å²) in [5, 5.41) is 11.3. The Morgan fingerprint density at radius 1 is 1.08 bits per heavy atom. The van der Waals surface area contributed by atoms with Crippen molar-refractivity contribution < 1.29 is 0 Å². The highest BCUT2D eigenvalue weighted by atomic mass is 15.3. The van der Waals surface area contributed by atoms with Gasteiger partial charge in [0, 0.05) is 38.9 Å². The molecule has 0 aliphatic carbocycles. The lowest BCUT2D eigenvalue weighted by Gasteiger charge is -2.20. The molecule has 2 rings (SSSR count). The second kappa shape index (κ2) is 10.3. The summed E-state index contributed by atoms with van der Waals surface area (Å²) in [6.07, 6.45) is 6.51. The molecule has 2 heterocycles. The number of aliphatic imine (C=N–C) groups is 1. The molecule has 1 fully saturated rings. The van der Waals surface area contributed by atoms with Gasteiger partial charge >= 0.3 is 0 Å². The van der Waals surface area contributed by atoms with E-state index in [1.807, 2.05) is 14.0 Å². The number of aryl methyl sites for hydroxylation is 3. The molecule has 2 N–H and O–H groups in total. The third-order valence-electron chi connectivity index (χ3n) is 4.59. The summed E-state index contributed by atoms with van der Waals surface area (Å²) in [7, 11) is 1.84. The predicted molar refractivity (Wildman–Crippen MR) is 101 cm³/mol. The predicted octanol–water partition coefficient (Wildman–Crippen LogP) is 1.93. The number of hydrogen-bond acceptors (Lipinski definition) is 3. The SMILES string of the molecule is CN=C(NCCCn1nc(C)cc1C)NCCN1CCCCCC1. The first-order chi connectivity index (χ1) is 11.7. The fourth-order valence-electron chi connectivity index (χ4n) is 3.25. The summed E-state index contributed by atoms with van der Waals surface area (Å²) in [6, 6.07) is 2.12. The quantitative estimate of drug-likeness (QED) is 0.454. The number of hydrogen-bond donors (Lipinski definition) is 2. The summed E-state index contributed by atoms with van der Waals surface area (Å²) in [5.41, 5.74) is 2.32. The minimum Gasteiger partial charge on any atom is -0.356 e. The first-order valence-corrected chi connectivity index (χ1v) is 9.37. The van der Waals surface area contributed by atoms with Crippen LogP contribution < -0.4 is 10.6 Å². The number of guanidine groups is 1. The molecule has 0 unspecified atom stereocenters. The second-order valence-corrected chi connectivity index (χ2v) is 6.69. The van der Waals surface area contributed by atoms with E-state index in [9.17, 15) is 0 Å². The van der Waals surface area contributed by atoms with Crippen LogP contribution in [0.15, 0.2) is 11.1 Å². The standard InChI is InChI=1S/C18H34N6/c1-16-15-17(2)24(22-16)13-8-9-20-18(19-3)21-10-14-23-11-6-4-5-7-12-23/h15H,4-14H2,1-3H3,(H2,19,20,21). The minimum atomic E-state index is 0.901. The number of aromatic nitrogens is 2. The van der Waals surface area contributed by atoms with Crippen LogP contribution in [-0.2, 0) is 6.54 Å². The Hall–Kier alpha value is -1.56. The molecule has 1 aromatic rings. The number of rotatable bonds is 7. The third-order valence-corrected chi connectivity index (χ3v) is 4.59. The monoisotopic (exact) mass is 334 g/mol. The molecule has 0 radical (unpaired) electrons. The molecule has 0 amide bonds. The van der Waals surface area contributed by atoms with Gasteiger partial charge in [-0.3, -0.25) is 9.67 Å². The molecule has 1 aliphatic rings. The molecule has 1 aromatic heterocycles. The molecule has 1 aliphatic heterocycles. The van der Waals surface area contributed by atoms with E-state index in [1.54, 1.807) is 0 Å². The molecular weight excluding hydrogens is 300 g/mol. The average molecular weight is 335 g/mol. The van der Waals surface area contributed by atoms with Crippen molar-refractivity contribution in [3.05, 3.63) is 17.5 Å². The number of nitrogens with one attached hydrogen (secondary N) is 2. The van der Waals surface area contributed by atoms with Crippen LogP contribution in [0.4, 0.5) is 0 Å². The lowest BCUT2D eigenvalue weighted by atomic mass is 10.2. The van der Waals surface area contributed by atoms with E-state index >= 15 is 0 Å². The van der Waals surface area contributed by atoms with Gasteiger partial charge in [-0.1, -0.05) is 12.8 Å². The summed E-state index contributed by atoms with van der Waals surface area (Å²) in [4.78, 5) is 6.87. The van der Waals surface area contributed by atoms with Crippen LogP contribution in [0.25, 0.3) is 0 Å². The lowest BCUT2D eigenvalue weighted by Crippen LogP contribution is -2.42. The third kappa shape index (κ3) is 6.51. The van der Waals surface area contributed by atoms with E-state index < -0.39 is 0 Å². The smallest absolute Gasteiger partial charge is 0.191 e. The highest BCUT2D eigenvalue weighted by Gasteiger charge is 2.08. The lowest BCUT2D eigenvalue weighted by molar-refractivity contribution is 0.289. The van der Waals surface area contributed by atoms with Gasteiger partial charge in [0.2, 0.25) is 0 Å². The molecule has 6 nitrogen and oxygen atoms in total. The van der Waals surface area contributed by atoms with Crippen LogP contribution in [0.2, 0.25) is 0 Å². The van der Waals surface area contributed by atoms with Crippen LogP contribution in [0.1, 0.15) is 43.5 Å². The zero-order valence-corrected chi connectivity index (χ0v) is 15.6. The maximum atomic E-state index is 4.49. The molecule has 24 heavy (non-hydrogen) atoms. The van der Waals surface area contributed by atoms with Crippen LogP contribution in [-0.4, -0.2) is 60.4 Å². The Morgan fingerprint density at radius 3 is 2.42 bits per heavy atom. The summed E-state index contributed by atoms with van der Waals surface area (Å²) in [5.74, 6) is 0.901. The van der Waals surface area contributed by atoms with Gasteiger partial charge in [-0.2, -0.15) is 5.10 Å². The number of nitrogens with zero attached hydrogens (tertiary/aromatic N) is 4. The maximum absolute atomic E-state index is 4.49. The molecular formula is C18H34N6. The molecule has 6 heteroatoms. The first kappa shape index (κ1) is 18.8. The average Bonchev–Trinajstić information content (AvgIpc) is 2.77. The normalized spacial score (nSPS) is 16.9. The van der Waals surface area contributed by atoms with Crippen molar-refractivity contribution in [3.8, 4) is 0 Å². The van der Waals surface area contributed by atoms with Gasteiger partial charge in [0.1, 0.15) is 0 Å². The number of likely N-dealkylation sites (tertiary alicyclic amines) is 1. The van der Waals surface area contributed by atoms with Crippen molar-refractivity contribution in [2.45, 2.75) is 52.5 Å². The van der Waals surface area contributed by atoms with Gasteiger partial charge < -0.3 is 15.5 Å². The first-order valence-electron chi connectivity index (χ1n) is 9.37. The molecule has 0 aromatic carbocycles. The Labute approximate surface area is 146 Å². The van der Waals surface area contributed by atoms with Crippen LogP contribution >= 0.6 is 0 Å². The van der Waals surface area contributed by atoms with Gasteiger partial charge in [-0.15, -0.1) is 0 Å². The van der Waals surface area contributed by atoms with Crippen molar-refractivity contribution in [2.75, 3.05) is 39.8 Å². The van der Waals surface area contributed by atoms with Crippen LogP contribution in [0.5, 0.6) is 0 Å². The molecule has 0 bridgehead atoms. The molecule has 0 spiro atoms. The molecule has 0 saturated carbocycles. The van der Waals surface area contributed by atoms with Gasteiger partial charge in [0.05, 0.1) is 5.69 Å². The van der Waals surface area contributed by atoms with Crippen LogP contribution in [0, 0.1) is 13.8 Å². The zero-order valence-electron chi connectivity index (χ0n) is 15.6. The second-order valence-electron chi connectivity index (χ2n) is 6.69. The Morgan fingerprint density at radius 2 is 1.79 bits per heavy atom. The van der Waals surface area contributed by atoms with E-state index in [1.165, 1.54) is 44.5 Å². The largest absolute Gasteiger partial charge is 0.356 e. The minimum absolute atomic E-state index is 0.901. The summed E-state index contributed by atoms with van der Waals surface area (Å²) in [6.45, 7) is 10.5. The highest BCUT2D eigenvalue weighted by molar-refractivity contribution is 5.79. The van der Waals surface area contributed by atoms with E-state index in [4.69, 9.17) is 0 Å². The Kier molecular flexibility index (Phi) is 8.08. The fraction of sp³-hybridized carbons (Fsp3) is 0.778. The van der Waals surface area contributed by atoms with Crippen molar-refractivity contribution in [3.63, 3.8) is 0 Å². The summed E-state index contributed by atoms with van der Waals surface area (Å²) < 4.78 is 2.08. The van der Waals surface area contributed by atoms with Crippen molar-refractivity contribution in [1.29, 1.82) is 0 Å². The van der Waals surface area contributed by atoms with Crippen molar-refractivity contribution >= 4 is 5.96 Å². The van der Waals surface area contributed by atoms with Gasteiger partial charge in [0.25, 0.3) is 0 Å². The highest BCUT2D eigenvalue weighted by Crippen LogP contribution is 2.08. The Balaban J connectivity index is 1.59. The van der Waals surface area contributed by atoms with E-state index in [0.717, 1.165) is 44.3 Å².